The van der Waals surface area contributed by atoms with Crippen LogP contribution in [0.15, 0.2) is 12.5 Å². The molecule has 0 radical (unpaired) electrons. The van der Waals surface area contributed by atoms with E-state index in [0.717, 1.165) is 0 Å². The molecule has 0 aliphatic carbocycles. The topological polar surface area (TPSA) is 182 Å². The van der Waals surface area contributed by atoms with Crippen LogP contribution in [-0.4, -0.2) is 52.9 Å². The van der Waals surface area contributed by atoms with Crippen LogP contribution in [0.25, 0.3) is 0 Å². The van der Waals surface area contributed by atoms with Crippen molar-refractivity contribution in [3.8, 4) is 0 Å². The first kappa shape index (κ1) is 18.6. The van der Waals surface area contributed by atoms with Gasteiger partial charge in [0, 0.05) is 12.6 Å². The van der Waals surface area contributed by atoms with E-state index in [-0.39, 0.29) is 13.0 Å². The van der Waals surface area contributed by atoms with Gasteiger partial charge in [-0.1, -0.05) is 0 Å². The fraction of sp³-hybridized carbons (Fsp3) is 0.538. The number of hydrogen-bond donors (Lipinski definition) is 6. The molecule has 0 saturated heterocycles. The summed E-state index contributed by atoms with van der Waals surface area (Å²) in [6, 6.07) is -1.67. The molecule has 0 aliphatic rings. The standard InChI is InChI=1S/C13H23N7O3/c14-3-1-2-9(15)12(22)20-10(4-8-5-17-7-19-8)13(23)18-6-11(16)21/h5,7,9-10H,1-4,6,14-15H2,(H2,16,21)(H,17,19)(H,18,23)(H,20,22)/t9-,10-/m0/s1. The number of primary amides is 1. The minimum Gasteiger partial charge on any atom is -0.368 e. The van der Waals surface area contributed by atoms with Crippen LogP contribution in [0, 0.1) is 0 Å². The van der Waals surface area contributed by atoms with Crippen LogP contribution in [0.3, 0.4) is 0 Å². The van der Waals surface area contributed by atoms with Gasteiger partial charge in [0.25, 0.3) is 0 Å². The summed E-state index contributed by atoms with van der Waals surface area (Å²) in [5.41, 5.74) is 16.7. The maximum Gasteiger partial charge on any atom is 0.243 e. The van der Waals surface area contributed by atoms with Gasteiger partial charge in [-0.2, -0.15) is 0 Å². The number of amides is 3. The van der Waals surface area contributed by atoms with E-state index in [1.807, 2.05) is 0 Å². The Morgan fingerprint density at radius 3 is 2.61 bits per heavy atom. The lowest BCUT2D eigenvalue weighted by atomic mass is 10.1. The zero-order valence-corrected chi connectivity index (χ0v) is 12.7. The molecule has 1 rings (SSSR count). The van der Waals surface area contributed by atoms with E-state index in [4.69, 9.17) is 17.2 Å². The Labute approximate surface area is 133 Å². The second-order valence-electron chi connectivity index (χ2n) is 5.05. The summed E-state index contributed by atoms with van der Waals surface area (Å²) < 4.78 is 0. The average Bonchev–Trinajstić information content (AvgIpc) is 3.02. The summed E-state index contributed by atoms with van der Waals surface area (Å²) in [6.07, 6.45) is 4.24. The highest BCUT2D eigenvalue weighted by atomic mass is 16.2. The molecule has 0 saturated carbocycles. The minimum atomic E-state index is -0.908. The van der Waals surface area contributed by atoms with Gasteiger partial charge in [-0.05, 0) is 19.4 Å². The van der Waals surface area contributed by atoms with Gasteiger partial charge in [0.15, 0.2) is 0 Å². The fourth-order valence-electron chi connectivity index (χ4n) is 1.87. The third kappa shape index (κ3) is 6.89. The Morgan fingerprint density at radius 1 is 1.30 bits per heavy atom. The first-order valence-corrected chi connectivity index (χ1v) is 7.23. The Hall–Kier alpha value is -2.46. The van der Waals surface area contributed by atoms with Crippen LogP contribution < -0.4 is 27.8 Å². The molecule has 3 amide bonds. The SMILES string of the molecule is NCCC[C@H](N)C(=O)N[C@@H](Cc1c[nH]cn1)C(=O)NCC(N)=O. The summed E-state index contributed by atoms with van der Waals surface area (Å²) in [4.78, 5) is 41.7. The molecule has 128 valence electrons. The second kappa shape index (κ2) is 9.54. The number of aromatic amines is 1. The van der Waals surface area contributed by atoms with Crippen molar-refractivity contribution in [1.29, 1.82) is 0 Å². The van der Waals surface area contributed by atoms with Gasteiger partial charge in [-0.25, -0.2) is 4.98 Å². The van der Waals surface area contributed by atoms with E-state index in [9.17, 15) is 14.4 Å². The Bertz CT molecular complexity index is 518. The van der Waals surface area contributed by atoms with Crippen molar-refractivity contribution >= 4 is 17.7 Å². The highest BCUT2D eigenvalue weighted by Crippen LogP contribution is 2.01. The van der Waals surface area contributed by atoms with Crippen molar-refractivity contribution < 1.29 is 14.4 Å². The minimum absolute atomic E-state index is 0.156. The average molecular weight is 325 g/mol. The molecule has 1 aromatic rings. The molecule has 2 atom stereocenters. The maximum absolute atomic E-state index is 12.1. The number of nitrogens with one attached hydrogen (secondary N) is 3. The lowest BCUT2D eigenvalue weighted by Crippen LogP contribution is -2.53. The molecule has 0 unspecified atom stereocenters. The normalized spacial score (nSPS) is 13.1. The summed E-state index contributed by atoms with van der Waals surface area (Å²) >= 11 is 0. The van der Waals surface area contributed by atoms with Gasteiger partial charge in [0.2, 0.25) is 17.7 Å². The molecule has 1 heterocycles. The lowest BCUT2D eigenvalue weighted by molar-refractivity contribution is -0.130. The largest absolute Gasteiger partial charge is 0.368 e. The monoisotopic (exact) mass is 325 g/mol. The summed E-state index contributed by atoms with van der Waals surface area (Å²) in [7, 11) is 0. The number of carbonyl (C=O) groups is 3. The molecule has 0 spiro atoms. The van der Waals surface area contributed by atoms with Crippen LogP contribution in [-0.2, 0) is 20.8 Å². The van der Waals surface area contributed by atoms with Gasteiger partial charge >= 0.3 is 0 Å². The molecule has 10 nitrogen and oxygen atoms in total. The maximum atomic E-state index is 12.1. The Balaban J connectivity index is 2.68. The van der Waals surface area contributed by atoms with Crippen molar-refractivity contribution in [2.45, 2.75) is 31.3 Å². The number of rotatable bonds is 10. The van der Waals surface area contributed by atoms with E-state index in [2.05, 4.69) is 20.6 Å². The first-order chi connectivity index (χ1) is 10.9. The van der Waals surface area contributed by atoms with Crippen molar-refractivity contribution in [3.05, 3.63) is 18.2 Å². The Kier molecular flexibility index (Phi) is 7.71. The zero-order valence-electron chi connectivity index (χ0n) is 12.7. The van der Waals surface area contributed by atoms with E-state index in [0.29, 0.717) is 25.1 Å². The Morgan fingerprint density at radius 2 is 2.04 bits per heavy atom. The molecule has 1 aromatic heterocycles. The van der Waals surface area contributed by atoms with Crippen molar-refractivity contribution in [2.24, 2.45) is 17.2 Å². The third-order valence-electron chi connectivity index (χ3n) is 3.09. The summed E-state index contributed by atoms with van der Waals surface area (Å²) in [5.74, 6) is -1.68. The zero-order chi connectivity index (χ0) is 17.2. The highest BCUT2D eigenvalue weighted by molar-refractivity contribution is 5.91. The predicted molar refractivity (Wildman–Crippen MR) is 82.7 cm³/mol. The third-order valence-corrected chi connectivity index (χ3v) is 3.09. The van der Waals surface area contributed by atoms with Crippen LogP contribution in [0.4, 0.5) is 0 Å². The molecule has 0 fully saturated rings. The van der Waals surface area contributed by atoms with Gasteiger partial charge in [0.1, 0.15) is 6.04 Å². The molecule has 0 bridgehead atoms. The number of carbonyl (C=O) groups excluding carboxylic acids is 3. The molecular formula is C13H23N7O3. The van der Waals surface area contributed by atoms with Crippen molar-refractivity contribution in [3.63, 3.8) is 0 Å². The van der Waals surface area contributed by atoms with Gasteiger partial charge in [-0.15, -0.1) is 0 Å². The number of H-pyrrole nitrogens is 1. The number of aromatic nitrogens is 2. The first-order valence-electron chi connectivity index (χ1n) is 7.23. The van der Waals surface area contributed by atoms with Crippen molar-refractivity contribution in [2.75, 3.05) is 13.1 Å². The summed E-state index contributed by atoms with van der Waals surface area (Å²) in [5, 5.41) is 4.92. The highest BCUT2D eigenvalue weighted by Gasteiger charge is 2.24. The summed E-state index contributed by atoms with van der Waals surface area (Å²) in [6.45, 7) is 0.113. The number of imidazole rings is 1. The molecule has 0 aliphatic heterocycles. The van der Waals surface area contributed by atoms with E-state index >= 15 is 0 Å². The van der Waals surface area contributed by atoms with Crippen LogP contribution in [0.2, 0.25) is 0 Å². The van der Waals surface area contributed by atoms with Gasteiger partial charge in [-0.3, -0.25) is 14.4 Å². The van der Waals surface area contributed by atoms with Gasteiger partial charge in [0.05, 0.1) is 24.6 Å². The molecule has 10 heteroatoms. The van der Waals surface area contributed by atoms with E-state index < -0.39 is 29.8 Å². The van der Waals surface area contributed by atoms with Crippen molar-refractivity contribution in [1.82, 2.24) is 20.6 Å². The fourth-order valence-corrected chi connectivity index (χ4v) is 1.87. The van der Waals surface area contributed by atoms with E-state index in [1.165, 1.54) is 6.33 Å². The number of nitrogens with zero attached hydrogens (tertiary/aromatic N) is 1. The van der Waals surface area contributed by atoms with Crippen LogP contribution in [0.1, 0.15) is 18.5 Å². The molecular weight excluding hydrogens is 302 g/mol. The molecule has 9 N–H and O–H groups in total. The number of nitrogens with two attached hydrogens (primary N) is 3. The van der Waals surface area contributed by atoms with E-state index in [1.54, 1.807) is 6.20 Å². The quantitative estimate of drug-likeness (QED) is 0.268. The molecule has 0 aromatic carbocycles. The number of hydrogen-bond acceptors (Lipinski definition) is 6. The van der Waals surface area contributed by atoms with Gasteiger partial charge < -0.3 is 32.8 Å². The van der Waals surface area contributed by atoms with Crippen LogP contribution in [0.5, 0.6) is 0 Å². The predicted octanol–water partition coefficient (Wildman–Crippen LogP) is -2.90. The van der Waals surface area contributed by atoms with Crippen LogP contribution >= 0.6 is 0 Å². The molecule has 23 heavy (non-hydrogen) atoms. The second-order valence-corrected chi connectivity index (χ2v) is 5.05. The lowest BCUT2D eigenvalue weighted by Gasteiger charge is -2.19. The smallest absolute Gasteiger partial charge is 0.243 e.